The third-order valence-electron chi connectivity index (χ3n) is 2.39. The molecule has 0 bridgehead atoms. The number of nitrogens with zero attached hydrogens (tertiary/aromatic N) is 1. The van der Waals surface area contributed by atoms with E-state index in [0.717, 1.165) is 4.90 Å². The van der Waals surface area contributed by atoms with Crippen LogP contribution in [0.1, 0.15) is 5.56 Å². The summed E-state index contributed by atoms with van der Waals surface area (Å²) in [6.07, 6.45) is 0. The van der Waals surface area contributed by atoms with Gasteiger partial charge in [-0.3, -0.25) is 0 Å². The van der Waals surface area contributed by atoms with E-state index in [0.29, 0.717) is 10.5 Å². The van der Waals surface area contributed by atoms with Crippen molar-refractivity contribution in [3.8, 4) is 6.07 Å². The molecule has 0 unspecified atom stereocenters. The van der Waals surface area contributed by atoms with Gasteiger partial charge in [-0.25, -0.2) is 0 Å². The van der Waals surface area contributed by atoms with E-state index < -0.39 is 0 Å². The van der Waals surface area contributed by atoms with E-state index in [-0.39, 0.29) is 25.1 Å². The van der Waals surface area contributed by atoms with Crippen molar-refractivity contribution in [1.82, 2.24) is 0 Å². The maximum absolute atomic E-state index is 9.07. The van der Waals surface area contributed by atoms with Gasteiger partial charge in [0.25, 0.3) is 0 Å². The third-order valence-corrected chi connectivity index (χ3v) is 7.38. The fraction of sp³-hybridized carbons (Fsp3) is 0. The average molecular weight is 416 g/mol. The Labute approximate surface area is 154 Å². The summed E-state index contributed by atoms with van der Waals surface area (Å²) in [5.41, 5.74) is 0.563. The van der Waals surface area contributed by atoms with E-state index in [9.17, 15) is 0 Å². The van der Waals surface area contributed by atoms with Crippen LogP contribution < -0.4 is 0 Å². The molecule has 0 aliphatic rings. The highest BCUT2D eigenvalue weighted by atomic mass is 35.5. The van der Waals surface area contributed by atoms with Crippen LogP contribution in [0.2, 0.25) is 25.1 Å². The standard InChI is InChI=1S/C13H4Cl5NS2/c14-8-9(15)11(17)13(12(18)10(8)16)21-20-7-4-2-1-3-6(7)5-19/h1-4H. The number of hydrogen-bond donors (Lipinski definition) is 0. The molecule has 0 amide bonds. The van der Waals surface area contributed by atoms with Crippen LogP contribution in [0.15, 0.2) is 34.1 Å². The van der Waals surface area contributed by atoms with Crippen LogP contribution in [0.3, 0.4) is 0 Å². The normalized spacial score (nSPS) is 10.5. The molecule has 0 spiro atoms. The van der Waals surface area contributed by atoms with Crippen molar-refractivity contribution in [2.45, 2.75) is 9.79 Å². The number of halogens is 5. The number of rotatable bonds is 3. The maximum atomic E-state index is 9.07. The molecule has 0 heterocycles. The van der Waals surface area contributed by atoms with Gasteiger partial charge in [-0.15, -0.1) is 0 Å². The summed E-state index contributed by atoms with van der Waals surface area (Å²) in [7, 11) is 2.61. The minimum absolute atomic E-state index is 0.125. The molecule has 0 saturated heterocycles. The highest BCUT2D eigenvalue weighted by molar-refractivity contribution is 8.76. The van der Waals surface area contributed by atoms with E-state index in [1.807, 2.05) is 12.1 Å². The van der Waals surface area contributed by atoms with Gasteiger partial charge in [-0.2, -0.15) is 5.26 Å². The fourth-order valence-electron chi connectivity index (χ4n) is 1.38. The lowest BCUT2D eigenvalue weighted by Gasteiger charge is -2.11. The zero-order valence-corrected chi connectivity index (χ0v) is 15.4. The Morgan fingerprint density at radius 3 is 1.86 bits per heavy atom. The van der Waals surface area contributed by atoms with Crippen LogP contribution >= 0.6 is 79.6 Å². The summed E-state index contributed by atoms with van der Waals surface area (Å²) in [4.78, 5) is 1.30. The highest BCUT2D eigenvalue weighted by Gasteiger charge is 2.20. The van der Waals surface area contributed by atoms with Gasteiger partial charge in [0.05, 0.1) is 35.6 Å². The average Bonchev–Trinajstić information content (AvgIpc) is 2.51. The summed E-state index contributed by atoms with van der Waals surface area (Å²) in [6, 6.07) is 9.32. The number of nitriles is 1. The maximum Gasteiger partial charge on any atom is 0.100 e. The number of benzene rings is 2. The summed E-state index contributed by atoms with van der Waals surface area (Å²) in [5.74, 6) is 0. The molecule has 0 aliphatic heterocycles. The molecular weight excluding hydrogens is 412 g/mol. The van der Waals surface area contributed by atoms with E-state index in [1.165, 1.54) is 21.6 Å². The van der Waals surface area contributed by atoms with Crippen molar-refractivity contribution < 1.29 is 0 Å². The molecule has 0 atom stereocenters. The van der Waals surface area contributed by atoms with E-state index in [4.69, 9.17) is 63.3 Å². The van der Waals surface area contributed by atoms with Gasteiger partial charge in [-0.05, 0) is 22.9 Å². The van der Waals surface area contributed by atoms with Gasteiger partial charge in [0.1, 0.15) is 6.07 Å². The zero-order chi connectivity index (χ0) is 15.6. The van der Waals surface area contributed by atoms with Crippen molar-refractivity contribution in [2.75, 3.05) is 0 Å². The molecule has 0 fully saturated rings. The van der Waals surface area contributed by atoms with Crippen molar-refractivity contribution in [1.29, 1.82) is 5.26 Å². The lowest BCUT2D eigenvalue weighted by molar-refractivity contribution is 1.38. The molecular formula is C13H4Cl5NS2. The second-order valence-electron chi connectivity index (χ2n) is 3.67. The summed E-state index contributed by atoms with van der Waals surface area (Å²) < 4.78 is 0. The van der Waals surface area contributed by atoms with Gasteiger partial charge < -0.3 is 0 Å². The molecule has 0 aliphatic carbocycles. The second kappa shape index (κ2) is 7.57. The van der Waals surface area contributed by atoms with Gasteiger partial charge in [0.2, 0.25) is 0 Å². The fourth-order valence-corrected chi connectivity index (χ4v) is 5.45. The summed E-state index contributed by atoms with van der Waals surface area (Å²) in [6.45, 7) is 0. The van der Waals surface area contributed by atoms with Crippen LogP contribution in [0, 0.1) is 11.3 Å². The van der Waals surface area contributed by atoms with Crippen LogP contribution in [0.25, 0.3) is 0 Å². The molecule has 0 N–H and O–H groups in total. The van der Waals surface area contributed by atoms with Crippen LogP contribution in [-0.2, 0) is 0 Å². The first-order chi connectivity index (χ1) is 9.97. The second-order valence-corrected chi connectivity index (χ2v) is 7.74. The van der Waals surface area contributed by atoms with Crippen molar-refractivity contribution in [3.05, 3.63) is 54.9 Å². The molecule has 21 heavy (non-hydrogen) atoms. The smallest absolute Gasteiger partial charge is 0.100 e. The Morgan fingerprint density at radius 2 is 1.29 bits per heavy atom. The Hall–Kier alpha value is 0.0800. The minimum atomic E-state index is 0.125. The summed E-state index contributed by atoms with van der Waals surface area (Å²) >= 11 is 30.3. The van der Waals surface area contributed by atoms with Crippen LogP contribution in [0.5, 0.6) is 0 Å². The largest absolute Gasteiger partial charge is 0.192 e. The van der Waals surface area contributed by atoms with E-state index in [1.54, 1.807) is 12.1 Å². The first-order valence-electron chi connectivity index (χ1n) is 5.32. The van der Waals surface area contributed by atoms with E-state index >= 15 is 0 Å². The quantitative estimate of drug-likeness (QED) is 0.292. The van der Waals surface area contributed by atoms with Crippen LogP contribution in [-0.4, -0.2) is 0 Å². The topological polar surface area (TPSA) is 23.8 Å². The zero-order valence-electron chi connectivity index (χ0n) is 9.96. The lowest BCUT2D eigenvalue weighted by atomic mass is 10.2. The Morgan fingerprint density at radius 1 is 0.762 bits per heavy atom. The first kappa shape index (κ1) is 17.4. The van der Waals surface area contributed by atoms with Gasteiger partial charge in [-0.1, -0.05) is 80.9 Å². The number of hydrogen-bond acceptors (Lipinski definition) is 3. The van der Waals surface area contributed by atoms with Crippen LogP contribution in [0.4, 0.5) is 0 Å². The molecule has 8 heteroatoms. The SMILES string of the molecule is N#Cc1ccccc1SSc1c(Cl)c(Cl)c(Cl)c(Cl)c1Cl. The molecule has 2 rings (SSSR count). The Bertz CT molecular complexity index is 713. The highest BCUT2D eigenvalue weighted by Crippen LogP contribution is 2.52. The Balaban J connectivity index is 2.36. The molecule has 2 aromatic rings. The predicted octanol–water partition coefficient (Wildman–Crippen LogP) is 7.62. The molecule has 1 nitrogen and oxygen atoms in total. The van der Waals surface area contributed by atoms with Crippen molar-refractivity contribution in [3.63, 3.8) is 0 Å². The minimum Gasteiger partial charge on any atom is -0.192 e. The summed E-state index contributed by atoms with van der Waals surface area (Å²) in [5, 5.41) is 9.98. The molecule has 0 aromatic heterocycles. The lowest BCUT2D eigenvalue weighted by Crippen LogP contribution is -1.83. The molecule has 0 radical (unpaired) electrons. The van der Waals surface area contributed by atoms with Crippen molar-refractivity contribution >= 4 is 79.6 Å². The van der Waals surface area contributed by atoms with Crippen molar-refractivity contribution in [2.24, 2.45) is 0 Å². The van der Waals surface area contributed by atoms with Gasteiger partial charge >= 0.3 is 0 Å². The van der Waals surface area contributed by atoms with Gasteiger partial charge in [0, 0.05) is 4.90 Å². The molecule has 0 saturated carbocycles. The first-order valence-corrected chi connectivity index (χ1v) is 9.36. The predicted molar refractivity (Wildman–Crippen MR) is 94.4 cm³/mol. The third kappa shape index (κ3) is 3.71. The Kier molecular flexibility index (Phi) is 6.28. The molecule has 2 aromatic carbocycles. The molecule has 108 valence electrons. The monoisotopic (exact) mass is 413 g/mol. The van der Waals surface area contributed by atoms with Gasteiger partial charge in [0.15, 0.2) is 0 Å². The van der Waals surface area contributed by atoms with E-state index in [2.05, 4.69) is 6.07 Å².